The first-order chi connectivity index (χ1) is 13.2. The van der Waals surface area contributed by atoms with Crippen molar-refractivity contribution < 1.29 is 18.8 Å². The molecule has 2 heterocycles. The molecule has 0 N–H and O–H groups in total. The molecular weight excluding hydrogens is 346 g/mol. The Morgan fingerprint density at radius 1 is 1.07 bits per heavy atom. The van der Waals surface area contributed by atoms with Gasteiger partial charge >= 0.3 is 0 Å². The molecule has 1 atom stereocenters. The van der Waals surface area contributed by atoms with Crippen LogP contribution in [0.25, 0.3) is 11.4 Å². The van der Waals surface area contributed by atoms with E-state index < -0.39 is 0 Å². The molecule has 1 aromatic heterocycles. The summed E-state index contributed by atoms with van der Waals surface area (Å²) < 4.78 is 16.0. The molecule has 0 bridgehead atoms. The zero-order valence-electron chi connectivity index (χ0n) is 15.1. The highest BCUT2D eigenvalue weighted by Gasteiger charge is 2.35. The van der Waals surface area contributed by atoms with Gasteiger partial charge in [-0.15, -0.1) is 0 Å². The molecule has 2 aromatic carbocycles. The van der Waals surface area contributed by atoms with Crippen LogP contribution in [-0.4, -0.2) is 36.8 Å². The molecule has 1 amide bonds. The summed E-state index contributed by atoms with van der Waals surface area (Å²) in [7, 11) is 3.15. The van der Waals surface area contributed by atoms with Gasteiger partial charge < -0.3 is 18.9 Å². The smallest absolute Gasteiger partial charge is 0.232 e. The zero-order valence-corrected chi connectivity index (χ0v) is 15.1. The number of carbonyl (C=O) groups is 1. The van der Waals surface area contributed by atoms with Crippen molar-refractivity contribution in [2.75, 3.05) is 25.7 Å². The molecule has 0 spiro atoms. The Labute approximate surface area is 156 Å². The summed E-state index contributed by atoms with van der Waals surface area (Å²) in [4.78, 5) is 18.7. The number of carbonyl (C=O) groups excluding carboxylic acids is 1. The summed E-state index contributed by atoms with van der Waals surface area (Å²) in [6, 6.07) is 15.0. The van der Waals surface area contributed by atoms with Crippen LogP contribution >= 0.6 is 0 Å². The number of nitrogens with zero attached hydrogens (tertiary/aromatic N) is 3. The molecule has 1 saturated heterocycles. The molecule has 3 aromatic rings. The van der Waals surface area contributed by atoms with E-state index in [1.54, 1.807) is 31.3 Å². The van der Waals surface area contributed by atoms with E-state index in [9.17, 15) is 4.79 Å². The maximum Gasteiger partial charge on any atom is 0.232 e. The number of rotatable bonds is 5. The maximum absolute atomic E-state index is 12.6. The SMILES string of the molecule is COc1ccc(N2C[C@H](c3nc(-c4ccccc4)no3)CC2=O)cc1OC. The van der Waals surface area contributed by atoms with E-state index in [0.29, 0.717) is 36.2 Å². The normalized spacial score (nSPS) is 16.6. The summed E-state index contributed by atoms with van der Waals surface area (Å²) in [5.41, 5.74) is 1.64. The van der Waals surface area contributed by atoms with Crippen LogP contribution in [0.4, 0.5) is 5.69 Å². The molecule has 0 saturated carbocycles. The van der Waals surface area contributed by atoms with E-state index >= 15 is 0 Å². The van der Waals surface area contributed by atoms with E-state index in [-0.39, 0.29) is 11.8 Å². The van der Waals surface area contributed by atoms with Gasteiger partial charge in [-0.05, 0) is 12.1 Å². The highest BCUT2D eigenvalue weighted by molar-refractivity contribution is 5.96. The molecule has 1 fully saturated rings. The fourth-order valence-corrected chi connectivity index (χ4v) is 3.22. The van der Waals surface area contributed by atoms with Crippen molar-refractivity contribution in [2.24, 2.45) is 0 Å². The van der Waals surface area contributed by atoms with Crippen LogP contribution in [0.15, 0.2) is 53.1 Å². The molecule has 1 aliphatic rings. The van der Waals surface area contributed by atoms with E-state index in [2.05, 4.69) is 10.1 Å². The van der Waals surface area contributed by atoms with Gasteiger partial charge in [0.05, 0.1) is 20.1 Å². The van der Waals surface area contributed by atoms with Crippen molar-refractivity contribution in [1.29, 1.82) is 0 Å². The first-order valence-electron chi connectivity index (χ1n) is 8.61. The standard InChI is InChI=1S/C20H19N3O4/c1-25-16-9-8-15(11-17(16)26-2)23-12-14(10-18(23)24)20-21-19(22-27-20)13-6-4-3-5-7-13/h3-9,11,14H,10,12H2,1-2H3/t14-/m1/s1. The Bertz CT molecular complexity index is 955. The predicted octanol–water partition coefficient (Wildman–Crippen LogP) is 3.27. The van der Waals surface area contributed by atoms with Crippen molar-refractivity contribution in [1.82, 2.24) is 10.1 Å². The van der Waals surface area contributed by atoms with Crippen LogP contribution in [-0.2, 0) is 4.79 Å². The first kappa shape index (κ1) is 17.1. The second-order valence-corrected chi connectivity index (χ2v) is 6.27. The van der Waals surface area contributed by atoms with Crippen LogP contribution in [0.1, 0.15) is 18.2 Å². The second kappa shape index (κ2) is 7.11. The summed E-state index contributed by atoms with van der Waals surface area (Å²) in [5, 5.41) is 4.05. The lowest BCUT2D eigenvalue weighted by Gasteiger charge is -2.18. The maximum atomic E-state index is 12.6. The van der Waals surface area contributed by atoms with Crippen molar-refractivity contribution >= 4 is 11.6 Å². The van der Waals surface area contributed by atoms with E-state index in [0.717, 1.165) is 11.3 Å². The first-order valence-corrected chi connectivity index (χ1v) is 8.61. The average Bonchev–Trinajstić information content (AvgIpc) is 3.35. The van der Waals surface area contributed by atoms with Crippen LogP contribution in [0.3, 0.4) is 0 Å². The van der Waals surface area contributed by atoms with Crippen LogP contribution in [0.2, 0.25) is 0 Å². The molecule has 27 heavy (non-hydrogen) atoms. The number of anilines is 1. The largest absolute Gasteiger partial charge is 0.493 e. The fraction of sp³-hybridized carbons (Fsp3) is 0.250. The van der Waals surface area contributed by atoms with Gasteiger partial charge in [-0.25, -0.2) is 0 Å². The van der Waals surface area contributed by atoms with Gasteiger partial charge in [0, 0.05) is 30.3 Å². The lowest BCUT2D eigenvalue weighted by Crippen LogP contribution is -2.24. The monoisotopic (exact) mass is 365 g/mol. The number of hydrogen-bond acceptors (Lipinski definition) is 6. The lowest BCUT2D eigenvalue weighted by atomic mass is 10.1. The average molecular weight is 365 g/mol. The molecule has 7 nitrogen and oxygen atoms in total. The summed E-state index contributed by atoms with van der Waals surface area (Å²) in [5.74, 6) is 2.07. The zero-order chi connectivity index (χ0) is 18.8. The van der Waals surface area contributed by atoms with E-state index in [1.165, 1.54) is 0 Å². The molecule has 138 valence electrons. The Hall–Kier alpha value is -3.35. The van der Waals surface area contributed by atoms with Gasteiger partial charge in [-0.1, -0.05) is 35.5 Å². The molecule has 0 aliphatic carbocycles. The predicted molar refractivity (Wildman–Crippen MR) is 99.0 cm³/mol. The summed E-state index contributed by atoms with van der Waals surface area (Å²) in [6.07, 6.45) is 0.324. The highest BCUT2D eigenvalue weighted by Crippen LogP contribution is 2.36. The van der Waals surface area contributed by atoms with Crippen molar-refractivity contribution in [2.45, 2.75) is 12.3 Å². The molecule has 0 unspecified atom stereocenters. The van der Waals surface area contributed by atoms with Crippen LogP contribution < -0.4 is 14.4 Å². The number of benzene rings is 2. The Morgan fingerprint density at radius 2 is 1.85 bits per heavy atom. The number of hydrogen-bond donors (Lipinski definition) is 0. The summed E-state index contributed by atoms with van der Waals surface area (Å²) >= 11 is 0. The highest BCUT2D eigenvalue weighted by atomic mass is 16.5. The third-order valence-electron chi connectivity index (χ3n) is 4.63. The van der Waals surface area contributed by atoms with E-state index in [1.807, 2.05) is 36.4 Å². The van der Waals surface area contributed by atoms with Gasteiger partial charge in [0.15, 0.2) is 11.5 Å². The van der Waals surface area contributed by atoms with Crippen LogP contribution in [0, 0.1) is 0 Å². The third-order valence-corrected chi connectivity index (χ3v) is 4.63. The molecule has 7 heteroatoms. The second-order valence-electron chi connectivity index (χ2n) is 6.27. The van der Waals surface area contributed by atoms with Crippen molar-refractivity contribution in [3.05, 3.63) is 54.4 Å². The number of aromatic nitrogens is 2. The lowest BCUT2D eigenvalue weighted by molar-refractivity contribution is -0.117. The van der Waals surface area contributed by atoms with E-state index in [4.69, 9.17) is 14.0 Å². The molecule has 0 radical (unpaired) electrons. The molecular formula is C20H19N3O4. The van der Waals surface area contributed by atoms with Gasteiger partial charge in [0.25, 0.3) is 0 Å². The quantitative estimate of drug-likeness (QED) is 0.691. The van der Waals surface area contributed by atoms with Crippen molar-refractivity contribution in [3.63, 3.8) is 0 Å². The number of amides is 1. The van der Waals surface area contributed by atoms with Gasteiger partial charge in [-0.2, -0.15) is 4.98 Å². The third kappa shape index (κ3) is 3.23. The van der Waals surface area contributed by atoms with Crippen molar-refractivity contribution in [3.8, 4) is 22.9 Å². The topological polar surface area (TPSA) is 77.7 Å². The minimum absolute atomic E-state index is 0.00619. The Balaban J connectivity index is 1.55. The Kier molecular flexibility index (Phi) is 4.50. The van der Waals surface area contributed by atoms with Gasteiger partial charge in [0.1, 0.15) is 0 Å². The summed E-state index contributed by atoms with van der Waals surface area (Å²) in [6.45, 7) is 0.477. The van der Waals surface area contributed by atoms with Gasteiger partial charge in [0.2, 0.25) is 17.6 Å². The van der Waals surface area contributed by atoms with Gasteiger partial charge in [-0.3, -0.25) is 4.79 Å². The minimum Gasteiger partial charge on any atom is -0.493 e. The number of ether oxygens (including phenoxy) is 2. The number of methoxy groups -OCH3 is 2. The fourth-order valence-electron chi connectivity index (χ4n) is 3.22. The Morgan fingerprint density at radius 3 is 2.59 bits per heavy atom. The van der Waals surface area contributed by atoms with Crippen LogP contribution in [0.5, 0.6) is 11.5 Å². The molecule has 1 aliphatic heterocycles. The molecule has 4 rings (SSSR count). The minimum atomic E-state index is -0.143.